The Bertz CT molecular complexity index is 1150. The van der Waals surface area contributed by atoms with Gasteiger partial charge in [0.05, 0.1) is 10.4 Å². The van der Waals surface area contributed by atoms with Crippen molar-refractivity contribution in [1.29, 1.82) is 0 Å². The van der Waals surface area contributed by atoms with Crippen LogP contribution in [0.1, 0.15) is 65.1 Å². The summed E-state index contributed by atoms with van der Waals surface area (Å²) in [5.41, 5.74) is 2.30. The first-order valence-corrected chi connectivity index (χ1v) is 11.8. The fourth-order valence-electron chi connectivity index (χ4n) is 3.72. The van der Waals surface area contributed by atoms with Crippen molar-refractivity contribution in [3.8, 4) is 0 Å². The Morgan fingerprint density at radius 3 is 2.24 bits per heavy atom. The molecule has 2 N–H and O–H groups in total. The molecule has 0 aliphatic rings. The molecule has 0 spiro atoms. The number of fused-ring (bicyclic) bond motifs is 1. The van der Waals surface area contributed by atoms with Crippen molar-refractivity contribution in [2.75, 3.05) is 24.3 Å². The number of nitrogens with zero attached hydrogens (tertiary/aromatic N) is 5. The van der Waals surface area contributed by atoms with E-state index >= 15 is 0 Å². The molecule has 0 saturated carbocycles. The van der Waals surface area contributed by atoms with Crippen LogP contribution in [-0.4, -0.2) is 44.6 Å². The molecule has 3 aromatic heterocycles. The van der Waals surface area contributed by atoms with Gasteiger partial charge in [0.1, 0.15) is 5.82 Å². The molecular formula is C24H37N7O3. The van der Waals surface area contributed by atoms with Crippen molar-refractivity contribution >= 4 is 28.5 Å². The molecule has 0 atom stereocenters. The molecule has 186 valence electrons. The van der Waals surface area contributed by atoms with E-state index in [2.05, 4.69) is 34.1 Å². The molecule has 10 nitrogen and oxygen atoms in total. The van der Waals surface area contributed by atoms with Crippen LogP contribution in [0.3, 0.4) is 0 Å². The Morgan fingerprint density at radius 2 is 1.71 bits per heavy atom. The first-order valence-electron chi connectivity index (χ1n) is 11.8. The maximum absolute atomic E-state index is 12.0. The summed E-state index contributed by atoms with van der Waals surface area (Å²) in [5, 5.41) is 13.9. The zero-order valence-electron chi connectivity index (χ0n) is 21.3. The van der Waals surface area contributed by atoms with Gasteiger partial charge in [-0.1, -0.05) is 27.7 Å². The predicted octanol–water partition coefficient (Wildman–Crippen LogP) is 5.05. The number of imidazole rings is 1. The van der Waals surface area contributed by atoms with Gasteiger partial charge in [-0.15, -0.1) is 0 Å². The third-order valence-corrected chi connectivity index (χ3v) is 5.85. The second-order valence-corrected chi connectivity index (χ2v) is 8.44. The summed E-state index contributed by atoms with van der Waals surface area (Å²) in [7, 11) is 3.89. The molecule has 0 aliphatic carbocycles. The van der Waals surface area contributed by atoms with E-state index in [-0.39, 0.29) is 23.5 Å². The molecule has 0 aromatic carbocycles. The Kier molecular flexibility index (Phi) is 9.58. The normalized spacial score (nSPS) is 11.0. The van der Waals surface area contributed by atoms with Crippen LogP contribution >= 0.6 is 0 Å². The van der Waals surface area contributed by atoms with Crippen LogP contribution in [-0.2, 0) is 0 Å². The summed E-state index contributed by atoms with van der Waals surface area (Å²) in [4.78, 5) is 36.0. The topological polar surface area (TPSA) is 122 Å². The van der Waals surface area contributed by atoms with E-state index < -0.39 is 4.92 Å². The smallest absolute Gasteiger partial charge is 0.327 e. The zero-order valence-corrected chi connectivity index (χ0v) is 21.3. The summed E-state index contributed by atoms with van der Waals surface area (Å²) in [6.07, 6.45) is 3.70. The predicted molar refractivity (Wildman–Crippen MR) is 138 cm³/mol. The Hall–Kier alpha value is -3.43. The highest BCUT2D eigenvalue weighted by Crippen LogP contribution is 2.23. The van der Waals surface area contributed by atoms with E-state index in [0.29, 0.717) is 5.82 Å². The number of anilines is 2. The lowest BCUT2D eigenvalue weighted by Crippen LogP contribution is -2.22. The Morgan fingerprint density at radius 1 is 1.06 bits per heavy atom. The highest BCUT2D eigenvalue weighted by molar-refractivity contribution is 5.73. The molecule has 0 bridgehead atoms. The Labute approximate surface area is 200 Å². The lowest BCUT2D eigenvalue weighted by Gasteiger charge is -2.15. The molecule has 0 radical (unpaired) electrons. The first-order chi connectivity index (χ1) is 16.2. The van der Waals surface area contributed by atoms with Gasteiger partial charge in [0.15, 0.2) is 5.65 Å². The van der Waals surface area contributed by atoms with E-state index in [1.807, 2.05) is 51.9 Å². The van der Waals surface area contributed by atoms with Crippen molar-refractivity contribution in [2.45, 2.75) is 72.4 Å². The van der Waals surface area contributed by atoms with E-state index in [1.54, 1.807) is 10.6 Å². The van der Waals surface area contributed by atoms with Crippen LogP contribution in [0, 0.1) is 17.0 Å². The minimum Gasteiger partial charge on any atom is -0.363 e. The third-order valence-electron chi connectivity index (χ3n) is 5.85. The summed E-state index contributed by atoms with van der Waals surface area (Å²) >= 11 is 0. The van der Waals surface area contributed by atoms with Gasteiger partial charge < -0.3 is 15.2 Å². The maximum Gasteiger partial charge on any atom is 0.327 e. The molecular weight excluding hydrogens is 434 g/mol. The average molecular weight is 472 g/mol. The average Bonchev–Trinajstić information content (AvgIpc) is 3.13. The second kappa shape index (κ2) is 12.2. The first kappa shape index (κ1) is 26.8. The van der Waals surface area contributed by atoms with E-state index in [1.165, 1.54) is 6.07 Å². The van der Waals surface area contributed by atoms with Crippen molar-refractivity contribution in [3.63, 3.8) is 0 Å². The number of aromatic amines is 1. The molecule has 0 amide bonds. The lowest BCUT2D eigenvalue weighted by molar-refractivity contribution is -0.384. The molecule has 0 fully saturated rings. The number of nitrogens with one attached hydrogen (secondary N) is 2. The van der Waals surface area contributed by atoms with Crippen LogP contribution in [0.4, 0.5) is 17.3 Å². The number of hydrogen-bond acceptors (Lipinski definition) is 7. The SMILES string of the molecule is CCC(CC)Nc1nc(C)ccc1[N+](=O)[O-].CCC(CC)n1c(=O)[nH]c2ccc(N(C)C)nc21. The minimum absolute atomic E-state index is 0.0394. The summed E-state index contributed by atoms with van der Waals surface area (Å²) in [6.45, 7) is 10.1. The fraction of sp³-hybridized carbons (Fsp3) is 0.542. The van der Waals surface area contributed by atoms with Crippen LogP contribution in [0.15, 0.2) is 29.1 Å². The largest absolute Gasteiger partial charge is 0.363 e. The summed E-state index contributed by atoms with van der Waals surface area (Å²) in [6, 6.07) is 7.40. The van der Waals surface area contributed by atoms with Gasteiger partial charge in [-0.3, -0.25) is 14.7 Å². The number of H-pyrrole nitrogens is 1. The highest BCUT2D eigenvalue weighted by Gasteiger charge is 2.17. The number of aryl methyl sites for hydroxylation is 1. The van der Waals surface area contributed by atoms with E-state index in [4.69, 9.17) is 0 Å². The van der Waals surface area contributed by atoms with E-state index in [0.717, 1.165) is 48.4 Å². The van der Waals surface area contributed by atoms with Crippen molar-refractivity contribution in [3.05, 3.63) is 50.6 Å². The molecule has 34 heavy (non-hydrogen) atoms. The van der Waals surface area contributed by atoms with Gasteiger partial charge in [0.2, 0.25) is 5.82 Å². The molecule has 10 heteroatoms. The Balaban J connectivity index is 0.000000242. The molecule has 3 heterocycles. The zero-order chi connectivity index (χ0) is 25.4. The highest BCUT2D eigenvalue weighted by atomic mass is 16.6. The van der Waals surface area contributed by atoms with Gasteiger partial charge in [0.25, 0.3) is 0 Å². The van der Waals surface area contributed by atoms with Crippen molar-refractivity contribution in [2.24, 2.45) is 0 Å². The standard InChI is InChI=1S/C13H20N4O.C11H17N3O2/c1-5-9(6-2)17-12-10(14-13(17)18)7-8-11(15-12)16(3)4;1-4-9(5-2)13-11-10(14(15)16)7-6-8(3)12-11/h7-9H,5-6H2,1-4H3,(H,14,18);6-7,9H,4-5H2,1-3H3,(H,12,13). The van der Waals surface area contributed by atoms with Gasteiger partial charge in [0, 0.05) is 37.9 Å². The maximum atomic E-state index is 12.0. The van der Waals surface area contributed by atoms with Gasteiger partial charge >= 0.3 is 11.4 Å². The molecule has 0 aliphatic heterocycles. The van der Waals surface area contributed by atoms with Crippen LogP contribution in [0.25, 0.3) is 11.2 Å². The molecule has 3 rings (SSSR count). The van der Waals surface area contributed by atoms with E-state index in [9.17, 15) is 14.9 Å². The van der Waals surface area contributed by atoms with Gasteiger partial charge in [-0.25, -0.2) is 14.8 Å². The van der Waals surface area contributed by atoms with Gasteiger partial charge in [-0.2, -0.15) is 0 Å². The quantitative estimate of drug-likeness (QED) is 0.331. The number of hydrogen-bond donors (Lipinski definition) is 2. The third kappa shape index (κ3) is 6.33. The fourth-order valence-corrected chi connectivity index (χ4v) is 3.72. The van der Waals surface area contributed by atoms with Crippen LogP contribution in [0.2, 0.25) is 0 Å². The van der Waals surface area contributed by atoms with Crippen LogP contribution < -0.4 is 15.9 Å². The minimum atomic E-state index is -0.406. The summed E-state index contributed by atoms with van der Waals surface area (Å²) < 4.78 is 1.78. The molecule has 3 aromatic rings. The second-order valence-electron chi connectivity index (χ2n) is 8.44. The lowest BCUT2D eigenvalue weighted by atomic mass is 10.1. The molecule has 0 saturated heterocycles. The number of nitro groups is 1. The number of aromatic nitrogens is 4. The summed E-state index contributed by atoms with van der Waals surface area (Å²) in [5.74, 6) is 1.24. The van der Waals surface area contributed by atoms with Gasteiger partial charge in [-0.05, 0) is 50.8 Å². The molecule has 0 unspecified atom stereocenters. The number of pyridine rings is 2. The van der Waals surface area contributed by atoms with Crippen LogP contribution in [0.5, 0.6) is 0 Å². The van der Waals surface area contributed by atoms with Crippen molar-refractivity contribution in [1.82, 2.24) is 19.5 Å². The monoisotopic (exact) mass is 471 g/mol. The number of rotatable bonds is 9. The van der Waals surface area contributed by atoms with Crippen molar-refractivity contribution < 1.29 is 4.92 Å².